The van der Waals surface area contributed by atoms with Crippen LogP contribution in [0.3, 0.4) is 0 Å². The molecule has 3 heterocycles. The number of hydrogen-bond donors (Lipinski definition) is 2. The maximum absolute atomic E-state index is 13.6. The SMILES string of the molecule is O=S(=O)(N[C@@H]1COc2cc(F)c(Cl)cc2[C@@H]1O)c1cc(Cl)nc(N2CC(C(F)F)C2)c1. The minimum Gasteiger partial charge on any atom is -0.491 e. The van der Waals surface area contributed by atoms with Crippen molar-refractivity contribution in [2.24, 2.45) is 5.92 Å². The molecule has 0 bridgehead atoms. The number of alkyl halides is 2. The van der Waals surface area contributed by atoms with E-state index in [2.05, 4.69) is 9.71 Å². The number of ether oxygens (including phenoxy) is 1. The number of nitrogens with zero attached hydrogens (tertiary/aromatic N) is 2. The molecule has 1 aromatic carbocycles. The summed E-state index contributed by atoms with van der Waals surface area (Å²) in [6.07, 6.45) is -3.83. The summed E-state index contributed by atoms with van der Waals surface area (Å²) >= 11 is 11.7. The lowest BCUT2D eigenvalue weighted by Crippen LogP contribution is -2.50. The summed E-state index contributed by atoms with van der Waals surface area (Å²) in [5.74, 6) is -1.33. The van der Waals surface area contributed by atoms with Crippen LogP contribution in [0, 0.1) is 11.7 Å². The van der Waals surface area contributed by atoms with E-state index in [1.165, 1.54) is 17.0 Å². The van der Waals surface area contributed by atoms with Gasteiger partial charge < -0.3 is 14.7 Å². The summed E-state index contributed by atoms with van der Waals surface area (Å²) in [5.41, 5.74) is 0.136. The van der Waals surface area contributed by atoms with Crippen molar-refractivity contribution in [2.75, 3.05) is 24.6 Å². The molecule has 2 aliphatic heterocycles. The summed E-state index contributed by atoms with van der Waals surface area (Å²) in [7, 11) is -4.20. The van der Waals surface area contributed by atoms with Gasteiger partial charge in [-0.1, -0.05) is 23.2 Å². The number of benzene rings is 1. The first-order chi connectivity index (χ1) is 14.5. The van der Waals surface area contributed by atoms with Gasteiger partial charge in [0.15, 0.2) is 0 Å². The maximum Gasteiger partial charge on any atom is 0.244 e. The number of hydrogen-bond acceptors (Lipinski definition) is 6. The largest absolute Gasteiger partial charge is 0.491 e. The molecule has 1 aromatic heterocycles. The highest BCUT2D eigenvalue weighted by Gasteiger charge is 2.37. The van der Waals surface area contributed by atoms with E-state index in [1.807, 2.05) is 0 Å². The third kappa shape index (κ3) is 4.42. The second-order valence-electron chi connectivity index (χ2n) is 7.27. The lowest BCUT2D eigenvalue weighted by atomic mass is 10.00. The van der Waals surface area contributed by atoms with E-state index in [0.717, 1.165) is 12.1 Å². The molecule has 0 spiro atoms. The van der Waals surface area contributed by atoms with Crippen LogP contribution < -0.4 is 14.4 Å². The van der Waals surface area contributed by atoms with Crippen molar-refractivity contribution in [3.05, 3.63) is 45.8 Å². The summed E-state index contributed by atoms with van der Waals surface area (Å²) in [4.78, 5) is 5.24. The maximum atomic E-state index is 13.6. The Morgan fingerprint density at radius 2 is 1.94 bits per heavy atom. The quantitative estimate of drug-likeness (QED) is 0.617. The van der Waals surface area contributed by atoms with E-state index in [-0.39, 0.29) is 51.9 Å². The summed E-state index contributed by atoms with van der Waals surface area (Å²) in [6.45, 7) is -0.204. The Morgan fingerprint density at radius 1 is 1.23 bits per heavy atom. The molecular formula is C18H16Cl2F3N3O4S. The van der Waals surface area contributed by atoms with Gasteiger partial charge in [-0.25, -0.2) is 31.3 Å². The van der Waals surface area contributed by atoms with E-state index in [1.54, 1.807) is 0 Å². The zero-order chi connectivity index (χ0) is 22.5. The molecule has 13 heteroatoms. The van der Waals surface area contributed by atoms with E-state index in [0.29, 0.717) is 0 Å². The number of halogens is 5. The predicted molar refractivity (Wildman–Crippen MR) is 107 cm³/mol. The number of aliphatic hydroxyl groups excluding tert-OH is 1. The van der Waals surface area contributed by atoms with E-state index in [9.17, 15) is 26.7 Å². The van der Waals surface area contributed by atoms with Crippen molar-refractivity contribution < 1.29 is 31.4 Å². The van der Waals surface area contributed by atoms with Gasteiger partial charge in [0.25, 0.3) is 0 Å². The lowest BCUT2D eigenvalue weighted by molar-refractivity contribution is 0.0611. The Bertz CT molecular complexity index is 1120. The standard InChI is InChI=1S/C18H16Cl2F3N3O4S/c19-11-3-10-14(4-12(11)21)30-7-13(17(10)27)25-31(28,29)9-1-15(20)24-16(2-9)26-5-8(6-26)18(22)23/h1-4,8,13,17-18,25,27H,5-7H2/t13-,17+/m1/s1. The molecular weight excluding hydrogens is 482 g/mol. The van der Waals surface area contributed by atoms with E-state index in [4.69, 9.17) is 27.9 Å². The number of aliphatic hydroxyl groups is 1. The van der Waals surface area contributed by atoms with E-state index < -0.39 is 40.3 Å². The normalized spacial score (nSPS) is 21.6. The molecule has 1 fully saturated rings. The first-order valence-electron chi connectivity index (χ1n) is 9.08. The minimum absolute atomic E-state index is 0.0290. The second-order valence-corrected chi connectivity index (χ2v) is 9.78. The van der Waals surface area contributed by atoms with Crippen LogP contribution in [0.25, 0.3) is 0 Å². The minimum atomic E-state index is -4.20. The van der Waals surface area contributed by atoms with Gasteiger partial charge in [-0.3, -0.25) is 0 Å². The third-order valence-electron chi connectivity index (χ3n) is 5.13. The molecule has 0 unspecified atom stereocenters. The topological polar surface area (TPSA) is 91.8 Å². The number of rotatable bonds is 5. The summed E-state index contributed by atoms with van der Waals surface area (Å²) in [6, 6.07) is 3.41. The van der Waals surface area contributed by atoms with Gasteiger partial charge in [-0.2, -0.15) is 0 Å². The summed E-state index contributed by atoms with van der Waals surface area (Å²) in [5, 5.41) is 10.2. The second kappa shape index (κ2) is 8.28. The Labute approximate surface area is 185 Å². The van der Waals surface area contributed by atoms with Crippen LogP contribution in [-0.4, -0.2) is 50.7 Å². The number of sulfonamides is 1. The average Bonchev–Trinajstić information content (AvgIpc) is 2.64. The molecule has 0 amide bonds. The van der Waals surface area contributed by atoms with Crippen molar-refractivity contribution in [1.82, 2.24) is 9.71 Å². The van der Waals surface area contributed by atoms with Crippen LogP contribution in [0.15, 0.2) is 29.2 Å². The molecule has 0 radical (unpaired) electrons. The van der Waals surface area contributed by atoms with E-state index >= 15 is 0 Å². The monoisotopic (exact) mass is 497 g/mol. The van der Waals surface area contributed by atoms with Gasteiger partial charge in [0, 0.05) is 30.8 Å². The van der Waals surface area contributed by atoms with Gasteiger partial charge >= 0.3 is 0 Å². The molecule has 2 aliphatic rings. The molecule has 31 heavy (non-hydrogen) atoms. The highest BCUT2D eigenvalue weighted by molar-refractivity contribution is 7.89. The van der Waals surface area contributed by atoms with Gasteiger partial charge in [0.05, 0.1) is 21.9 Å². The Kier molecular flexibility index (Phi) is 5.99. The molecule has 2 N–H and O–H groups in total. The third-order valence-corrected chi connectivity index (χ3v) is 7.08. The smallest absolute Gasteiger partial charge is 0.244 e. The predicted octanol–water partition coefficient (Wildman–Crippen LogP) is 3.00. The molecule has 7 nitrogen and oxygen atoms in total. The van der Waals surface area contributed by atoms with Crippen molar-refractivity contribution in [3.63, 3.8) is 0 Å². The van der Waals surface area contributed by atoms with Gasteiger partial charge in [-0.05, 0) is 12.1 Å². The molecule has 0 saturated carbocycles. The van der Waals surface area contributed by atoms with Crippen molar-refractivity contribution in [3.8, 4) is 5.75 Å². The fourth-order valence-corrected chi connectivity index (χ4v) is 5.09. The number of pyridine rings is 1. The zero-order valence-electron chi connectivity index (χ0n) is 15.6. The van der Waals surface area contributed by atoms with Crippen LogP contribution in [-0.2, 0) is 10.0 Å². The van der Waals surface area contributed by atoms with Crippen molar-refractivity contribution >= 4 is 39.0 Å². The fourth-order valence-electron chi connectivity index (χ4n) is 3.39. The summed E-state index contributed by atoms with van der Waals surface area (Å²) < 4.78 is 72.5. The molecule has 2 atom stereocenters. The van der Waals surface area contributed by atoms with Crippen molar-refractivity contribution in [1.29, 1.82) is 0 Å². The van der Waals surface area contributed by atoms with Crippen LogP contribution in [0.5, 0.6) is 5.75 Å². The van der Waals surface area contributed by atoms with Gasteiger partial charge in [-0.15, -0.1) is 0 Å². The highest BCUT2D eigenvalue weighted by atomic mass is 35.5. The first kappa shape index (κ1) is 22.4. The Morgan fingerprint density at radius 3 is 2.61 bits per heavy atom. The average molecular weight is 498 g/mol. The Balaban J connectivity index is 1.55. The number of aromatic nitrogens is 1. The fraction of sp³-hybridized carbons (Fsp3) is 0.389. The first-order valence-corrected chi connectivity index (χ1v) is 11.3. The van der Waals surface area contributed by atoms with Gasteiger partial charge in [0.1, 0.15) is 35.2 Å². The number of fused-ring (bicyclic) bond motifs is 1. The number of anilines is 1. The molecule has 2 aromatic rings. The zero-order valence-corrected chi connectivity index (χ0v) is 17.9. The van der Waals surface area contributed by atoms with Crippen LogP contribution in [0.2, 0.25) is 10.2 Å². The van der Waals surface area contributed by atoms with Crippen LogP contribution in [0.4, 0.5) is 19.0 Å². The van der Waals surface area contributed by atoms with Crippen LogP contribution in [0.1, 0.15) is 11.7 Å². The Hall–Kier alpha value is -1.79. The lowest BCUT2D eigenvalue weighted by Gasteiger charge is -2.39. The molecule has 1 saturated heterocycles. The molecule has 0 aliphatic carbocycles. The number of nitrogens with one attached hydrogen (secondary N) is 1. The van der Waals surface area contributed by atoms with Gasteiger partial charge in [0.2, 0.25) is 16.4 Å². The van der Waals surface area contributed by atoms with Crippen LogP contribution >= 0.6 is 23.2 Å². The van der Waals surface area contributed by atoms with Crippen molar-refractivity contribution in [2.45, 2.75) is 23.5 Å². The highest BCUT2D eigenvalue weighted by Crippen LogP contribution is 2.36. The molecule has 4 rings (SSSR count). The molecule has 168 valence electrons.